The minimum atomic E-state index is -1.47. The van der Waals surface area contributed by atoms with Crippen molar-refractivity contribution in [1.29, 1.82) is 0 Å². The van der Waals surface area contributed by atoms with Crippen molar-refractivity contribution in [3.8, 4) is 0 Å². The molecule has 3 heterocycles. The van der Waals surface area contributed by atoms with Crippen LogP contribution in [0.25, 0.3) is 0 Å². The summed E-state index contributed by atoms with van der Waals surface area (Å²) in [4.78, 5) is 12.5. The molecule has 2 fully saturated rings. The number of nitro groups is 1. The van der Waals surface area contributed by atoms with E-state index in [2.05, 4.69) is 10.00 Å². The van der Waals surface area contributed by atoms with Gasteiger partial charge in [-0.1, -0.05) is 0 Å². The first-order chi connectivity index (χ1) is 9.90. The van der Waals surface area contributed by atoms with E-state index < -0.39 is 16.6 Å². The van der Waals surface area contributed by atoms with Crippen LogP contribution in [0.3, 0.4) is 0 Å². The maximum absolute atomic E-state index is 15.1. The first kappa shape index (κ1) is 14.4. The van der Waals surface area contributed by atoms with E-state index in [4.69, 9.17) is 4.74 Å². The molecule has 2 saturated heterocycles. The van der Waals surface area contributed by atoms with Crippen LogP contribution in [0, 0.1) is 17.0 Å². The third kappa shape index (κ3) is 2.42. The van der Waals surface area contributed by atoms with Crippen LogP contribution in [-0.4, -0.2) is 57.6 Å². The van der Waals surface area contributed by atoms with Crippen LogP contribution in [0.2, 0.25) is 0 Å². The minimum absolute atomic E-state index is 0.0550. The average Bonchev–Trinajstić information content (AvgIpc) is 2.68. The average molecular weight is 298 g/mol. The minimum Gasteiger partial charge on any atom is -0.378 e. The third-order valence-electron chi connectivity index (χ3n) is 4.54. The van der Waals surface area contributed by atoms with Gasteiger partial charge in [0.2, 0.25) is 0 Å². The Morgan fingerprint density at radius 2 is 2.29 bits per heavy atom. The lowest BCUT2D eigenvalue weighted by atomic mass is 9.89. The van der Waals surface area contributed by atoms with Crippen molar-refractivity contribution in [1.82, 2.24) is 14.7 Å². The van der Waals surface area contributed by atoms with E-state index >= 15 is 4.39 Å². The molecule has 8 heteroatoms. The number of halogens is 1. The van der Waals surface area contributed by atoms with Crippen LogP contribution < -0.4 is 0 Å². The van der Waals surface area contributed by atoms with Gasteiger partial charge in [-0.3, -0.25) is 19.7 Å². The molecule has 21 heavy (non-hydrogen) atoms. The number of likely N-dealkylation sites (tertiary alicyclic amines) is 1. The number of nitrogens with zero attached hydrogens (tertiary/aromatic N) is 4. The van der Waals surface area contributed by atoms with Gasteiger partial charge in [0, 0.05) is 13.1 Å². The first-order valence-electron chi connectivity index (χ1n) is 7.09. The fraction of sp³-hybridized carbons (Fsp3) is 0.769. The molecule has 0 bridgehead atoms. The lowest BCUT2D eigenvalue weighted by molar-refractivity contribution is -0.385. The summed E-state index contributed by atoms with van der Waals surface area (Å²) >= 11 is 0. The molecular weight excluding hydrogens is 279 g/mol. The molecule has 2 aliphatic heterocycles. The molecule has 7 nitrogen and oxygen atoms in total. The summed E-state index contributed by atoms with van der Waals surface area (Å²) in [5.41, 5.74) is -1.12. The Hall–Kier alpha value is -1.54. The van der Waals surface area contributed by atoms with Gasteiger partial charge >= 0.3 is 5.69 Å². The van der Waals surface area contributed by atoms with E-state index in [0.29, 0.717) is 37.9 Å². The van der Waals surface area contributed by atoms with Gasteiger partial charge in [0.25, 0.3) is 0 Å². The highest BCUT2D eigenvalue weighted by Crippen LogP contribution is 2.37. The fourth-order valence-electron chi connectivity index (χ4n) is 3.20. The molecule has 2 atom stereocenters. The second-order valence-corrected chi connectivity index (χ2v) is 6.06. The van der Waals surface area contributed by atoms with Crippen LogP contribution in [-0.2, 0) is 4.74 Å². The molecule has 1 aromatic rings. The molecule has 0 spiro atoms. The Morgan fingerprint density at radius 3 is 2.76 bits per heavy atom. The highest BCUT2D eigenvalue weighted by Gasteiger charge is 2.45. The molecule has 2 unspecified atom stereocenters. The maximum atomic E-state index is 15.1. The third-order valence-corrected chi connectivity index (χ3v) is 4.54. The lowest BCUT2D eigenvalue weighted by Gasteiger charge is -2.46. The van der Waals surface area contributed by atoms with E-state index in [1.54, 1.807) is 13.8 Å². The van der Waals surface area contributed by atoms with Crippen LogP contribution in [0.4, 0.5) is 10.1 Å². The normalized spacial score (nSPS) is 31.1. The monoisotopic (exact) mass is 298 g/mol. The number of rotatable bonds is 3. The zero-order valence-electron chi connectivity index (χ0n) is 12.2. The van der Waals surface area contributed by atoms with Gasteiger partial charge in [-0.15, -0.1) is 0 Å². The van der Waals surface area contributed by atoms with Crippen molar-refractivity contribution in [3.05, 3.63) is 22.0 Å². The molecule has 0 radical (unpaired) electrons. The van der Waals surface area contributed by atoms with Gasteiger partial charge in [0.1, 0.15) is 17.6 Å². The Kier molecular flexibility index (Phi) is 3.45. The molecule has 0 aromatic carbocycles. The molecule has 0 aliphatic carbocycles. The fourth-order valence-corrected chi connectivity index (χ4v) is 3.20. The summed E-state index contributed by atoms with van der Waals surface area (Å²) in [5.74, 6) is 0. The van der Waals surface area contributed by atoms with E-state index in [-0.39, 0.29) is 5.69 Å². The molecule has 116 valence electrons. The van der Waals surface area contributed by atoms with Gasteiger partial charge in [-0.25, -0.2) is 4.39 Å². The number of alkyl halides is 1. The highest BCUT2D eigenvalue weighted by molar-refractivity contribution is 5.32. The molecule has 0 N–H and O–H groups in total. The van der Waals surface area contributed by atoms with Crippen LogP contribution in [0.1, 0.15) is 25.1 Å². The van der Waals surface area contributed by atoms with Crippen LogP contribution in [0.5, 0.6) is 0 Å². The van der Waals surface area contributed by atoms with Crippen molar-refractivity contribution < 1.29 is 14.1 Å². The summed E-state index contributed by atoms with van der Waals surface area (Å²) in [6.07, 6.45) is 1.79. The summed E-state index contributed by atoms with van der Waals surface area (Å²) in [6, 6.07) is -0.169. The van der Waals surface area contributed by atoms with Gasteiger partial charge in [-0.2, -0.15) is 5.10 Å². The molecule has 3 rings (SSSR count). The quantitative estimate of drug-likeness (QED) is 0.624. The largest absolute Gasteiger partial charge is 0.378 e. The van der Waals surface area contributed by atoms with Crippen molar-refractivity contribution in [2.45, 2.75) is 38.0 Å². The van der Waals surface area contributed by atoms with E-state index in [0.717, 1.165) is 6.54 Å². The Balaban J connectivity index is 1.81. The molecule has 0 amide bonds. The lowest BCUT2D eigenvalue weighted by Crippen LogP contribution is -2.58. The van der Waals surface area contributed by atoms with Crippen LogP contribution >= 0.6 is 0 Å². The Labute approximate surface area is 121 Å². The van der Waals surface area contributed by atoms with Crippen molar-refractivity contribution >= 4 is 5.69 Å². The zero-order valence-corrected chi connectivity index (χ0v) is 12.2. The summed E-state index contributed by atoms with van der Waals surface area (Å²) in [5, 5.41) is 15.0. The van der Waals surface area contributed by atoms with E-state index in [1.807, 2.05) is 0 Å². The number of hydrogen-bond acceptors (Lipinski definition) is 5. The number of aromatic nitrogens is 2. The second kappa shape index (κ2) is 5.03. The van der Waals surface area contributed by atoms with Gasteiger partial charge in [0.15, 0.2) is 0 Å². The smallest absolute Gasteiger partial charge is 0.309 e. The van der Waals surface area contributed by atoms with Crippen molar-refractivity contribution in [2.24, 2.45) is 0 Å². The first-order valence-corrected chi connectivity index (χ1v) is 7.09. The molecule has 2 aliphatic rings. The second-order valence-electron chi connectivity index (χ2n) is 6.06. The highest BCUT2D eigenvalue weighted by atomic mass is 19.1. The molecular formula is C13H19FN4O3. The predicted octanol–water partition coefficient (Wildman–Crippen LogP) is 1.47. The maximum Gasteiger partial charge on any atom is 0.309 e. The Morgan fingerprint density at radius 1 is 1.57 bits per heavy atom. The zero-order chi connectivity index (χ0) is 15.2. The van der Waals surface area contributed by atoms with Gasteiger partial charge in [-0.05, 0) is 20.3 Å². The Bertz CT molecular complexity index is 556. The number of hydrogen-bond donors (Lipinski definition) is 0. The van der Waals surface area contributed by atoms with Gasteiger partial charge < -0.3 is 4.74 Å². The topological polar surface area (TPSA) is 73.4 Å². The standard InChI is InChI=1S/C13H19FN4O3/c1-9-11(18(19)20)5-15-17(9)12-3-4-16(8-13(12,2)14)10-6-21-7-10/h5,10,12H,3-4,6-8H2,1-2H3. The van der Waals surface area contributed by atoms with Gasteiger partial charge in [0.05, 0.1) is 30.2 Å². The van der Waals surface area contributed by atoms with Crippen molar-refractivity contribution in [2.75, 3.05) is 26.3 Å². The van der Waals surface area contributed by atoms with E-state index in [1.165, 1.54) is 10.9 Å². The molecule has 0 saturated carbocycles. The number of ether oxygens (including phenoxy) is 1. The summed E-state index contributed by atoms with van der Waals surface area (Å²) in [7, 11) is 0. The van der Waals surface area contributed by atoms with E-state index in [9.17, 15) is 10.1 Å². The van der Waals surface area contributed by atoms with Crippen molar-refractivity contribution in [3.63, 3.8) is 0 Å². The number of piperidine rings is 1. The summed E-state index contributed by atoms with van der Waals surface area (Å²) < 4.78 is 21.7. The predicted molar refractivity (Wildman–Crippen MR) is 73.0 cm³/mol. The SMILES string of the molecule is Cc1c([N+](=O)[O-])cnn1C1CCN(C2COC2)CC1(C)F. The summed E-state index contributed by atoms with van der Waals surface area (Å²) in [6.45, 7) is 5.55. The van der Waals surface area contributed by atoms with Crippen LogP contribution in [0.15, 0.2) is 6.20 Å². The molecule has 1 aromatic heterocycles.